The van der Waals surface area contributed by atoms with Crippen molar-refractivity contribution in [3.8, 4) is 0 Å². The molecule has 0 aromatic heterocycles. The van der Waals surface area contributed by atoms with E-state index in [1.54, 1.807) is 0 Å². The average molecular weight is 252 g/mol. The molecule has 0 aliphatic heterocycles. The van der Waals surface area contributed by atoms with Gasteiger partial charge >= 0.3 is 0 Å². The summed E-state index contributed by atoms with van der Waals surface area (Å²) in [4.78, 5) is 0. The average Bonchev–Trinajstić information content (AvgIpc) is 2.17. The molecular weight excluding hydrogens is 228 g/mol. The van der Waals surface area contributed by atoms with Crippen LogP contribution in [-0.4, -0.2) is 13.8 Å². The first-order valence-corrected chi connectivity index (χ1v) is 10.9. The van der Waals surface area contributed by atoms with Crippen molar-refractivity contribution in [3.63, 3.8) is 0 Å². The highest BCUT2D eigenvalue weighted by atomic mass is 32.2. The lowest BCUT2D eigenvalue weighted by molar-refractivity contribution is 1.28. The van der Waals surface area contributed by atoms with E-state index in [9.17, 15) is 0 Å². The van der Waals surface area contributed by atoms with Crippen LogP contribution in [0.25, 0.3) is 0 Å². The Balaban J connectivity index is 2.35. The van der Waals surface area contributed by atoms with Crippen molar-refractivity contribution in [2.24, 2.45) is 0 Å². The lowest BCUT2D eigenvalue weighted by Crippen LogP contribution is -2.19. The minimum absolute atomic E-state index is 0.836. The monoisotopic (exact) mass is 252 g/mol. The van der Waals surface area contributed by atoms with E-state index in [0.29, 0.717) is 0 Å². The number of hydrogen-bond acceptors (Lipinski definition) is 1. The number of rotatable bonds is 5. The number of aryl methyl sites for hydroxylation is 2. The van der Waals surface area contributed by atoms with Crippen molar-refractivity contribution in [2.45, 2.75) is 45.3 Å². The van der Waals surface area contributed by atoms with Gasteiger partial charge in [-0.15, -0.1) is 0 Å². The van der Waals surface area contributed by atoms with E-state index in [4.69, 9.17) is 0 Å². The van der Waals surface area contributed by atoms with Gasteiger partial charge < -0.3 is 0 Å². The van der Waals surface area contributed by atoms with Gasteiger partial charge in [0, 0.05) is 13.8 Å². The molecule has 0 atom stereocenters. The summed E-state index contributed by atoms with van der Waals surface area (Å²) in [5.74, 6) is 2.49. The van der Waals surface area contributed by atoms with Gasteiger partial charge in [0.25, 0.3) is 0 Å². The molecule has 0 nitrogen and oxygen atoms in total. The number of hydrogen-bond donors (Lipinski definition) is 0. The molecule has 16 heavy (non-hydrogen) atoms. The smallest absolute Gasteiger partial charge is 0.0450 e. The standard InChI is InChI=1S/C14H24SSi/c1-12-6-7-14(10-13(12)2)11-15-8-9-16(3,4)5/h6-7,10H,8-9,11H2,1-5H3. The highest BCUT2D eigenvalue weighted by molar-refractivity contribution is 7.98. The quantitative estimate of drug-likeness (QED) is 0.532. The minimum atomic E-state index is -0.836. The summed E-state index contributed by atoms with van der Waals surface area (Å²) < 4.78 is 0. The SMILES string of the molecule is Cc1ccc(CSCC[Si](C)(C)C)cc1C. The van der Waals surface area contributed by atoms with Crippen LogP contribution < -0.4 is 0 Å². The third-order valence-corrected chi connectivity index (χ3v) is 5.98. The van der Waals surface area contributed by atoms with E-state index in [0.717, 1.165) is 0 Å². The topological polar surface area (TPSA) is 0 Å². The van der Waals surface area contributed by atoms with Gasteiger partial charge in [-0.25, -0.2) is 0 Å². The van der Waals surface area contributed by atoms with E-state index in [2.05, 4.69) is 63.4 Å². The highest BCUT2D eigenvalue weighted by Crippen LogP contribution is 2.19. The van der Waals surface area contributed by atoms with Crippen LogP contribution in [0.15, 0.2) is 18.2 Å². The van der Waals surface area contributed by atoms with Crippen LogP contribution >= 0.6 is 11.8 Å². The van der Waals surface area contributed by atoms with Gasteiger partial charge in [-0.3, -0.25) is 0 Å². The van der Waals surface area contributed by atoms with E-state index in [-0.39, 0.29) is 0 Å². The molecule has 90 valence electrons. The first-order valence-electron chi connectivity index (χ1n) is 6.02. The van der Waals surface area contributed by atoms with Crippen LogP contribution in [0.4, 0.5) is 0 Å². The predicted molar refractivity (Wildman–Crippen MR) is 80.2 cm³/mol. The van der Waals surface area contributed by atoms with Crippen molar-refractivity contribution in [1.82, 2.24) is 0 Å². The second kappa shape index (κ2) is 5.92. The second-order valence-corrected chi connectivity index (χ2v) is 12.5. The van der Waals surface area contributed by atoms with E-state index in [1.165, 1.54) is 34.2 Å². The summed E-state index contributed by atoms with van der Waals surface area (Å²) in [5.41, 5.74) is 4.29. The Labute approximate surface area is 106 Å². The van der Waals surface area contributed by atoms with Crippen LogP contribution in [0.5, 0.6) is 0 Å². The fourth-order valence-electron chi connectivity index (χ4n) is 1.46. The maximum absolute atomic E-state index is 2.45. The Hall–Kier alpha value is -0.213. The van der Waals surface area contributed by atoms with Gasteiger partial charge in [0.1, 0.15) is 0 Å². The molecule has 0 amide bonds. The van der Waals surface area contributed by atoms with Gasteiger partial charge in [-0.2, -0.15) is 11.8 Å². The third-order valence-electron chi connectivity index (χ3n) is 2.84. The Morgan fingerprint density at radius 2 is 1.75 bits per heavy atom. The molecule has 0 bridgehead atoms. The van der Waals surface area contributed by atoms with Crippen LogP contribution in [0.3, 0.4) is 0 Å². The Bertz CT molecular complexity index is 339. The summed E-state index contributed by atoms with van der Waals surface area (Å²) in [6, 6.07) is 8.27. The molecule has 2 heteroatoms. The molecule has 0 fully saturated rings. The van der Waals surface area contributed by atoms with Crippen molar-refractivity contribution in [2.75, 3.05) is 5.75 Å². The first kappa shape index (κ1) is 13.9. The molecule has 0 aliphatic rings. The highest BCUT2D eigenvalue weighted by Gasteiger charge is 2.11. The maximum atomic E-state index is 2.45. The maximum Gasteiger partial charge on any atom is 0.0450 e. The summed E-state index contributed by atoms with van der Waals surface area (Å²) in [6.07, 6.45) is 0. The Morgan fingerprint density at radius 1 is 1.06 bits per heavy atom. The molecule has 0 radical (unpaired) electrons. The number of benzene rings is 1. The van der Waals surface area contributed by atoms with Gasteiger partial charge in [0.2, 0.25) is 0 Å². The molecule has 1 aromatic carbocycles. The normalized spacial score (nSPS) is 11.8. The minimum Gasteiger partial charge on any atom is -0.158 e. The van der Waals surface area contributed by atoms with E-state index < -0.39 is 8.07 Å². The zero-order valence-electron chi connectivity index (χ0n) is 11.3. The molecule has 0 heterocycles. The van der Waals surface area contributed by atoms with Crippen molar-refractivity contribution < 1.29 is 0 Å². The summed E-state index contributed by atoms with van der Waals surface area (Å²) in [7, 11) is -0.836. The molecule has 0 unspecified atom stereocenters. The third kappa shape index (κ3) is 5.22. The van der Waals surface area contributed by atoms with E-state index in [1.807, 2.05) is 0 Å². The summed E-state index contributed by atoms with van der Waals surface area (Å²) in [6.45, 7) is 11.7. The largest absolute Gasteiger partial charge is 0.158 e. The molecule has 0 saturated carbocycles. The second-order valence-electron chi connectivity index (χ2n) is 5.78. The van der Waals surface area contributed by atoms with Gasteiger partial charge in [0.15, 0.2) is 0 Å². The molecule has 1 aromatic rings. The molecule has 0 N–H and O–H groups in total. The zero-order chi connectivity index (χ0) is 12.2. The van der Waals surface area contributed by atoms with Crippen molar-refractivity contribution in [1.29, 1.82) is 0 Å². The van der Waals surface area contributed by atoms with Crippen LogP contribution in [-0.2, 0) is 5.75 Å². The molecule has 0 saturated heterocycles. The van der Waals surface area contributed by atoms with Gasteiger partial charge in [-0.1, -0.05) is 37.8 Å². The predicted octanol–water partition coefficient (Wildman–Crippen LogP) is 4.87. The molecular formula is C14H24SSi. The van der Waals surface area contributed by atoms with Crippen molar-refractivity contribution in [3.05, 3.63) is 34.9 Å². The summed E-state index contributed by atoms with van der Waals surface area (Å²) >= 11 is 2.08. The lowest BCUT2D eigenvalue weighted by atomic mass is 10.1. The Kier molecular flexibility index (Phi) is 5.13. The molecule has 1 rings (SSSR count). The van der Waals surface area contributed by atoms with Crippen molar-refractivity contribution >= 4 is 19.8 Å². The van der Waals surface area contributed by atoms with Gasteiger partial charge in [-0.05, 0) is 42.3 Å². The number of thioether (sulfide) groups is 1. The Morgan fingerprint density at radius 3 is 2.31 bits per heavy atom. The van der Waals surface area contributed by atoms with Crippen LogP contribution in [0, 0.1) is 13.8 Å². The fourth-order valence-corrected chi connectivity index (χ4v) is 5.05. The van der Waals surface area contributed by atoms with Gasteiger partial charge in [0.05, 0.1) is 0 Å². The zero-order valence-corrected chi connectivity index (χ0v) is 13.1. The van der Waals surface area contributed by atoms with Crippen LogP contribution in [0.1, 0.15) is 16.7 Å². The van der Waals surface area contributed by atoms with E-state index >= 15 is 0 Å². The lowest BCUT2D eigenvalue weighted by Gasteiger charge is -2.14. The molecule has 0 aliphatic carbocycles. The molecule has 0 spiro atoms. The fraction of sp³-hybridized carbons (Fsp3) is 0.571. The van der Waals surface area contributed by atoms with Crippen LogP contribution in [0.2, 0.25) is 25.7 Å². The summed E-state index contributed by atoms with van der Waals surface area (Å²) in [5, 5.41) is 0. The first-order chi connectivity index (χ1) is 7.38.